The van der Waals surface area contributed by atoms with Gasteiger partial charge in [-0.15, -0.1) is 0 Å². The van der Waals surface area contributed by atoms with Gasteiger partial charge in [0.25, 0.3) is 0 Å². The molecule has 0 radical (unpaired) electrons. The summed E-state index contributed by atoms with van der Waals surface area (Å²) in [5, 5.41) is 4.27. The lowest BCUT2D eigenvalue weighted by Crippen LogP contribution is -2.31. The van der Waals surface area contributed by atoms with E-state index in [1.807, 2.05) is 18.3 Å². The second-order valence-electron chi connectivity index (χ2n) is 8.15. The summed E-state index contributed by atoms with van der Waals surface area (Å²) in [5.74, 6) is 0. The zero-order valence-corrected chi connectivity index (χ0v) is 19.8. The Bertz CT molecular complexity index is 1080. The first-order valence-electron chi connectivity index (χ1n) is 10.7. The maximum atomic E-state index is 5.92. The number of anilines is 1. The number of thiocarbonyl (C=S) groups is 1. The van der Waals surface area contributed by atoms with Crippen molar-refractivity contribution in [3.63, 3.8) is 0 Å². The van der Waals surface area contributed by atoms with Crippen molar-refractivity contribution in [3.8, 4) is 0 Å². The number of benzene rings is 1. The van der Waals surface area contributed by atoms with Gasteiger partial charge in [0.05, 0.1) is 17.8 Å². The molecule has 2 fully saturated rings. The number of rotatable bonds is 5. The number of nitrogens with one attached hydrogen (secondary N) is 1. The normalized spacial score (nSPS) is 23.4. The van der Waals surface area contributed by atoms with E-state index in [0.717, 1.165) is 41.8 Å². The van der Waals surface area contributed by atoms with Crippen molar-refractivity contribution in [1.29, 1.82) is 0 Å². The van der Waals surface area contributed by atoms with Gasteiger partial charge in [0.2, 0.25) is 0 Å². The van der Waals surface area contributed by atoms with Crippen molar-refractivity contribution in [1.82, 2.24) is 14.9 Å². The fourth-order valence-electron chi connectivity index (χ4n) is 4.58. The van der Waals surface area contributed by atoms with E-state index in [0.29, 0.717) is 5.11 Å². The minimum absolute atomic E-state index is 0.0145. The second kappa shape index (κ2) is 8.73. The molecular formula is C24H25BrN4OS. The van der Waals surface area contributed by atoms with Crippen LogP contribution >= 0.6 is 28.1 Å². The highest BCUT2D eigenvalue weighted by atomic mass is 79.9. The molecular weight excluding hydrogens is 472 g/mol. The molecule has 7 heteroatoms. The molecule has 0 bridgehead atoms. The summed E-state index contributed by atoms with van der Waals surface area (Å²) in [6.07, 6.45) is 6.51. The molecule has 2 aliphatic heterocycles. The van der Waals surface area contributed by atoms with E-state index in [1.54, 1.807) is 0 Å². The Labute approximate surface area is 196 Å². The van der Waals surface area contributed by atoms with Gasteiger partial charge in [0.15, 0.2) is 5.11 Å². The number of aromatic nitrogens is 2. The topological polar surface area (TPSA) is 42.3 Å². The Morgan fingerprint density at radius 1 is 1.23 bits per heavy atom. The van der Waals surface area contributed by atoms with Crippen molar-refractivity contribution < 1.29 is 4.74 Å². The van der Waals surface area contributed by atoms with Gasteiger partial charge in [-0.2, -0.15) is 0 Å². The first kappa shape index (κ1) is 20.7. The van der Waals surface area contributed by atoms with Gasteiger partial charge in [-0.1, -0.05) is 22.0 Å². The monoisotopic (exact) mass is 496 g/mol. The lowest BCUT2D eigenvalue weighted by molar-refractivity contribution is 0.0961. The lowest BCUT2D eigenvalue weighted by Gasteiger charge is -2.29. The number of hydrogen-bond donors (Lipinski definition) is 1. The Morgan fingerprint density at radius 3 is 2.87 bits per heavy atom. The fraction of sp³-hybridized carbons (Fsp3) is 0.333. The van der Waals surface area contributed by atoms with Crippen LogP contribution < -0.4 is 10.2 Å². The van der Waals surface area contributed by atoms with Gasteiger partial charge in [-0.3, -0.25) is 4.98 Å². The Balaban J connectivity index is 1.58. The largest absolute Gasteiger partial charge is 0.376 e. The van der Waals surface area contributed by atoms with Crippen LogP contribution in [0.2, 0.25) is 0 Å². The van der Waals surface area contributed by atoms with Crippen LogP contribution in [0.3, 0.4) is 0 Å². The molecule has 3 aromatic rings. The summed E-state index contributed by atoms with van der Waals surface area (Å²) in [6, 6.07) is 16.7. The summed E-state index contributed by atoms with van der Waals surface area (Å²) in [7, 11) is 0. The van der Waals surface area contributed by atoms with Crippen LogP contribution in [0.5, 0.6) is 0 Å². The van der Waals surface area contributed by atoms with Gasteiger partial charge >= 0.3 is 0 Å². The van der Waals surface area contributed by atoms with Crippen LogP contribution in [0.1, 0.15) is 41.9 Å². The Kier molecular flexibility index (Phi) is 5.82. The van der Waals surface area contributed by atoms with Gasteiger partial charge in [-0.25, -0.2) is 0 Å². The maximum absolute atomic E-state index is 5.92. The maximum Gasteiger partial charge on any atom is 0.174 e. The van der Waals surface area contributed by atoms with E-state index in [2.05, 4.69) is 85.2 Å². The van der Waals surface area contributed by atoms with Crippen molar-refractivity contribution in [3.05, 3.63) is 82.3 Å². The average molecular weight is 497 g/mol. The van der Waals surface area contributed by atoms with Crippen LogP contribution in [0.15, 0.2) is 65.4 Å². The van der Waals surface area contributed by atoms with Crippen LogP contribution in [-0.4, -0.2) is 27.4 Å². The number of pyridine rings is 1. The van der Waals surface area contributed by atoms with E-state index < -0.39 is 0 Å². The summed E-state index contributed by atoms with van der Waals surface area (Å²) in [5.41, 5.74) is 4.44. The van der Waals surface area contributed by atoms with Gasteiger partial charge < -0.3 is 19.5 Å². The van der Waals surface area contributed by atoms with Crippen LogP contribution in [0, 0.1) is 6.92 Å². The molecule has 1 aromatic carbocycles. The van der Waals surface area contributed by atoms with E-state index in [9.17, 15) is 0 Å². The Hall–Kier alpha value is -2.22. The molecule has 4 heterocycles. The highest BCUT2D eigenvalue weighted by Crippen LogP contribution is 2.42. The van der Waals surface area contributed by atoms with Crippen LogP contribution in [0.25, 0.3) is 0 Å². The summed E-state index contributed by atoms with van der Waals surface area (Å²) >= 11 is 9.48. The van der Waals surface area contributed by atoms with Gasteiger partial charge in [0.1, 0.15) is 6.04 Å². The molecule has 0 aliphatic carbocycles. The van der Waals surface area contributed by atoms with Crippen LogP contribution in [-0.2, 0) is 11.3 Å². The SMILES string of the molecule is Cc1cc(N2C(=S)N[C@H](c3ccccn3)[C@@H]2c2cccn2C[C@@H]2CCCO2)ccc1Br. The zero-order chi connectivity index (χ0) is 21.4. The average Bonchev–Trinajstić information content (AvgIpc) is 3.52. The smallest absolute Gasteiger partial charge is 0.174 e. The predicted octanol–water partition coefficient (Wildman–Crippen LogP) is 5.31. The first-order valence-corrected chi connectivity index (χ1v) is 11.9. The van der Waals surface area contributed by atoms with E-state index in [4.69, 9.17) is 17.0 Å². The zero-order valence-electron chi connectivity index (χ0n) is 17.4. The molecule has 0 spiro atoms. The molecule has 2 aliphatic rings. The number of ether oxygens (including phenoxy) is 1. The van der Waals surface area contributed by atoms with E-state index >= 15 is 0 Å². The highest BCUT2D eigenvalue weighted by Gasteiger charge is 2.42. The van der Waals surface area contributed by atoms with Crippen molar-refractivity contribution in [2.75, 3.05) is 11.5 Å². The molecule has 3 atom stereocenters. The molecule has 5 rings (SSSR count). The molecule has 5 nitrogen and oxygen atoms in total. The summed E-state index contributed by atoms with van der Waals surface area (Å²) in [6.45, 7) is 3.82. The van der Waals surface area contributed by atoms with Crippen molar-refractivity contribution in [2.24, 2.45) is 0 Å². The summed E-state index contributed by atoms with van der Waals surface area (Å²) in [4.78, 5) is 6.89. The molecule has 0 amide bonds. The highest BCUT2D eigenvalue weighted by molar-refractivity contribution is 9.10. The third-order valence-electron chi connectivity index (χ3n) is 6.11. The number of halogens is 1. The molecule has 31 heavy (non-hydrogen) atoms. The number of nitrogens with zero attached hydrogens (tertiary/aromatic N) is 3. The van der Waals surface area contributed by atoms with Crippen LogP contribution in [0.4, 0.5) is 5.69 Å². The molecule has 1 N–H and O–H groups in total. The minimum Gasteiger partial charge on any atom is -0.376 e. The number of aryl methyl sites for hydroxylation is 1. The third kappa shape index (κ3) is 4.02. The molecule has 0 saturated carbocycles. The predicted molar refractivity (Wildman–Crippen MR) is 130 cm³/mol. The van der Waals surface area contributed by atoms with Gasteiger partial charge in [0, 0.05) is 41.4 Å². The van der Waals surface area contributed by atoms with Crippen molar-refractivity contribution >= 4 is 38.9 Å². The summed E-state index contributed by atoms with van der Waals surface area (Å²) < 4.78 is 9.34. The second-order valence-corrected chi connectivity index (χ2v) is 9.39. The Morgan fingerprint density at radius 2 is 2.13 bits per heavy atom. The van der Waals surface area contributed by atoms with Crippen molar-refractivity contribution in [2.45, 2.75) is 44.5 Å². The first-order chi connectivity index (χ1) is 15.1. The molecule has 0 unspecified atom stereocenters. The van der Waals surface area contributed by atoms with E-state index in [1.165, 1.54) is 11.3 Å². The molecule has 2 aromatic heterocycles. The van der Waals surface area contributed by atoms with Gasteiger partial charge in [-0.05, 0) is 80.0 Å². The standard InChI is InChI=1S/C24H25BrN4OS/c1-16-14-17(9-10-19(16)25)29-23(22(27-24(29)31)20-7-2-3-11-26-20)21-8-4-12-28(21)15-18-6-5-13-30-18/h2-4,7-12,14,18,22-23H,5-6,13,15H2,1H3,(H,27,31)/t18-,22+,23-/m0/s1. The molecule has 2 saturated heterocycles. The van der Waals surface area contributed by atoms with E-state index in [-0.39, 0.29) is 18.2 Å². The number of hydrogen-bond acceptors (Lipinski definition) is 3. The quantitative estimate of drug-likeness (QED) is 0.484. The fourth-order valence-corrected chi connectivity index (χ4v) is 5.17. The third-order valence-corrected chi connectivity index (χ3v) is 7.31. The molecule has 160 valence electrons. The minimum atomic E-state index is -0.0456. The lowest BCUT2D eigenvalue weighted by atomic mass is 10.0.